The summed E-state index contributed by atoms with van der Waals surface area (Å²) in [4.78, 5) is 6.12. The largest absolute Gasteiger partial charge is 0.313 e. The topological polar surface area (TPSA) is 65.5 Å². The van der Waals surface area contributed by atoms with E-state index < -0.39 is 10.0 Å². The van der Waals surface area contributed by atoms with E-state index in [-0.39, 0.29) is 5.03 Å². The number of sulfonamides is 1. The normalized spacial score (nSPS) is 12.3. The van der Waals surface area contributed by atoms with Crippen LogP contribution >= 0.6 is 0 Å². The molecule has 0 fully saturated rings. The van der Waals surface area contributed by atoms with Gasteiger partial charge in [0.25, 0.3) is 10.0 Å². The van der Waals surface area contributed by atoms with Crippen molar-refractivity contribution in [3.63, 3.8) is 0 Å². The van der Waals surface area contributed by atoms with Gasteiger partial charge in [-0.2, -0.15) is 4.31 Å². The molecule has 1 rings (SSSR count). The molecule has 120 valence electrons. The van der Waals surface area contributed by atoms with Crippen LogP contribution in [0.4, 0.5) is 0 Å². The molecule has 1 aromatic heterocycles. The van der Waals surface area contributed by atoms with Gasteiger partial charge in [0.05, 0.1) is 0 Å². The van der Waals surface area contributed by atoms with E-state index >= 15 is 0 Å². The van der Waals surface area contributed by atoms with Gasteiger partial charge >= 0.3 is 0 Å². The Kier molecular flexibility index (Phi) is 7.24. The van der Waals surface area contributed by atoms with Crippen LogP contribution in [0.1, 0.15) is 18.9 Å². The van der Waals surface area contributed by atoms with E-state index in [0.29, 0.717) is 13.1 Å². The number of nitrogens with zero attached hydrogens (tertiary/aromatic N) is 3. The van der Waals surface area contributed by atoms with Gasteiger partial charge in [0.2, 0.25) is 0 Å². The van der Waals surface area contributed by atoms with Gasteiger partial charge in [-0.1, -0.05) is 13.0 Å². The lowest BCUT2D eigenvalue weighted by molar-refractivity contribution is 0.370. The van der Waals surface area contributed by atoms with Crippen LogP contribution in [0.5, 0.6) is 0 Å². The van der Waals surface area contributed by atoms with Gasteiger partial charge in [0, 0.05) is 26.3 Å². The van der Waals surface area contributed by atoms with Crippen LogP contribution in [-0.4, -0.2) is 63.4 Å². The molecule has 0 aliphatic rings. The smallest absolute Gasteiger partial charge is 0.260 e. The van der Waals surface area contributed by atoms with Crippen molar-refractivity contribution in [3.05, 3.63) is 23.9 Å². The Balaban J connectivity index is 2.68. The lowest BCUT2D eigenvalue weighted by atomic mass is 10.3. The van der Waals surface area contributed by atoms with Crippen molar-refractivity contribution in [1.82, 2.24) is 19.5 Å². The number of hydrogen-bond acceptors (Lipinski definition) is 5. The van der Waals surface area contributed by atoms with E-state index in [1.165, 1.54) is 4.31 Å². The third-order valence-electron chi connectivity index (χ3n) is 3.13. The van der Waals surface area contributed by atoms with E-state index in [9.17, 15) is 8.42 Å². The van der Waals surface area contributed by atoms with Gasteiger partial charge in [-0.3, -0.25) is 0 Å². The zero-order chi connectivity index (χ0) is 15.9. The summed E-state index contributed by atoms with van der Waals surface area (Å²) in [5.74, 6) is 0. The maximum atomic E-state index is 12.4. The SMILES string of the molecule is CCNCc1ccc(S(=O)(=O)N(C)CCCN(C)C)nc1. The molecule has 0 unspecified atom stereocenters. The van der Waals surface area contributed by atoms with Crippen molar-refractivity contribution in [2.24, 2.45) is 0 Å². The van der Waals surface area contributed by atoms with Crippen molar-refractivity contribution >= 4 is 10.0 Å². The van der Waals surface area contributed by atoms with Crippen molar-refractivity contribution in [2.45, 2.75) is 24.9 Å². The molecule has 0 saturated heterocycles. The highest BCUT2D eigenvalue weighted by atomic mass is 32.2. The van der Waals surface area contributed by atoms with Crippen molar-refractivity contribution < 1.29 is 8.42 Å². The minimum Gasteiger partial charge on any atom is -0.313 e. The monoisotopic (exact) mass is 314 g/mol. The van der Waals surface area contributed by atoms with Crippen LogP contribution in [0, 0.1) is 0 Å². The quantitative estimate of drug-likeness (QED) is 0.729. The first-order valence-corrected chi connectivity index (χ1v) is 8.58. The van der Waals surface area contributed by atoms with Crippen LogP contribution in [-0.2, 0) is 16.6 Å². The first-order chi connectivity index (χ1) is 9.87. The second kappa shape index (κ2) is 8.43. The van der Waals surface area contributed by atoms with Crippen molar-refractivity contribution in [2.75, 3.05) is 40.8 Å². The number of pyridine rings is 1. The molecule has 0 spiro atoms. The fourth-order valence-corrected chi connectivity index (χ4v) is 2.94. The standard InChI is InChI=1S/C14H26N4O2S/c1-5-15-11-13-7-8-14(16-12-13)21(19,20)18(4)10-6-9-17(2)3/h7-8,12,15H,5-6,9-11H2,1-4H3. The van der Waals surface area contributed by atoms with E-state index in [4.69, 9.17) is 0 Å². The lowest BCUT2D eigenvalue weighted by Crippen LogP contribution is -2.30. The van der Waals surface area contributed by atoms with E-state index in [2.05, 4.69) is 10.3 Å². The van der Waals surface area contributed by atoms with Crippen molar-refractivity contribution in [3.8, 4) is 0 Å². The van der Waals surface area contributed by atoms with E-state index in [1.807, 2.05) is 25.9 Å². The summed E-state index contributed by atoms with van der Waals surface area (Å²) in [5.41, 5.74) is 0.978. The predicted octanol–water partition coefficient (Wildman–Crippen LogP) is 0.763. The summed E-state index contributed by atoms with van der Waals surface area (Å²) < 4.78 is 26.1. The molecule has 0 atom stereocenters. The Labute approximate surface area is 128 Å². The Hall–Kier alpha value is -1.02. The Morgan fingerprint density at radius 2 is 1.90 bits per heavy atom. The molecule has 21 heavy (non-hydrogen) atoms. The number of hydrogen-bond donors (Lipinski definition) is 1. The zero-order valence-electron chi connectivity index (χ0n) is 13.3. The van der Waals surface area contributed by atoms with Gasteiger partial charge in [-0.25, -0.2) is 13.4 Å². The van der Waals surface area contributed by atoms with Gasteiger partial charge < -0.3 is 10.2 Å². The molecule has 0 radical (unpaired) electrons. The lowest BCUT2D eigenvalue weighted by Gasteiger charge is -2.18. The Bertz CT molecular complexity index is 514. The molecule has 0 saturated carbocycles. The maximum absolute atomic E-state index is 12.4. The fraction of sp³-hybridized carbons (Fsp3) is 0.643. The van der Waals surface area contributed by atoms with E-state index in [1.54, 1.807) is 25.4 Å². The third kappa shape index (κ3) is 5.70. The second-order valence-electron chi connectivity index (χ2n) is 5.27. The minimum absolute atomic E-state index is 0.107. The van der Waals surface area contributed by atoms with E-state index in [0.717, 1.165) is 25.1 Å². The highest BCUT2D eigenvalue weighted by Crippen LogP contribution is 2.12. The molecule has 6 nitrogen and oxygen atoms in total. The molecule has 1 N–H and O–H groups in total. The predicted molar refractivity (Wildman–Crippen MR) is 84.6 cm³/mol. The average Bonchev–Trinajstić information content (AvgIpc) is 2.45. The van der Waals surface area contributed by atoms with Gasteiger partial charge in [0.1, 0.15) is 0 Å². The van der Waals surface area contributed by atoms with Gasteiger partial charge in [-0.05, 0) is 45.2 Å². The highest BCUT2D eigenvalue weighted by Gasteiger charge is 2.21. The highest BCUT2D eigenvalue weighted by molar-refractivity contribution is 7.89. The Morgan fingerprint density at radius 3 is 2.43 bits per heavy atom. The van der Waals surface area contributed by atoms with Crippen LogP contribution in [0.2, 0.25) is 0 Å². The first kappa shape index (κ1) is 18.0. The van der Waals surface area contributed by atoms with Crippen LogP contribution in [0.25, 0.3) is 0 Å². The molecular weight excluding hydrogens is 288 g/mol. The average molecular weight is 314 g/mol. The molecule has 0 aliphatic heterocycles. The molecule has 1 heterocycles. The molecule has 0 bridgehead atoms. The van der Waals surface area contributed by atoms with Crippen LogP contribution < -0.4 is 5.32 Å². The van der Waals surface area contributed by atoms with Gasteiger partial charge in [-0.15, -0.1) is 0 Å². The summed E-state index contributed by atoms with van der Waals surface area (Å²) in [7, 11) is 2.05. The minimum atomic E-state index is -3.49. The first-order valence-electron chi connectivity index (χ1n) is 7.14. The van der Waals surface area contributed by atoms with Crippen LogP contribution in [0.15, 0.2) is 23.4 Å². The zero-order valence-corrected chi connectivity index (χ0v) is 14.2. The number of rotatable bonds is 9. The molecule has 0 aliphatic carbocycles. The van der Waals surface area contributed by atoms with Gasteiger partial charge in [0.15, 0.2) is 5.03 Å². The van der Waals surface area contributed by atoms with Crippen LogP contribution in [0.3, 0.4) is 0 Å². The molecule has 0 amide bonds. The number of nitrogens with one attached hydrogen (secondary N) is 1. The fourth-order valence-electron chi connectivity index (χ4n) is 1.83. The summed E-state index contributed by atoms with van der Waals surface area (Å²) in [6.07, 6.45) is 2.41. The molecule has 0 aromatic carbocycles. The van der Waals surface area contributed by atoms with Crippen molar-refractivity contribution in [1.29, 1.82) is 0 Å². The second-order valence-corrected chi connectivity index (χ2v) is 7.26. The summed E-state index contributed by atoms with van der Waals surface area (Å²) in [5, 5.41) is 3.29. The molecule has 7 heteroatoms. The summed E-state index contributed by atoms with van der Waals surface area (Å²) in [6, 6.07) is 3.38. The number of aromatic nitrogens is 1. The molecule has 1 aromatic rings. The maximum Gasteiger partial charge on any atom is 0.260 e. The molecular formula is C14H26N4O2S. The summed E-state index contributed by atoms with van der Waals surface area (Å²) >= 11 is 0. The summed E-state index contributed by atoms with van der Waals surface area (Å²) in [6.45, 7) is 4.93. The third-order valence-corrected chi connectivity index (χ3v) is 4.90. The Morgan fingerprint density at radius 1 is 1.19 bits per heavy atom.